The number of hydrogen-bond donors (Lipinski definition) is 2. The Morgan fingerprint density at radius 1 is 1.39 bits per heavy atom. The van der Waals surface area contributed by atoms with Crippen LogP contribution in [0.15, 0.2) is 29.2 Å². The van der Waals surface area contributed by atoms with E-state index in [0.717, 1.165) is 12.8 Å². The summed E-state index contributed by atoms with van der Waals surface area (Å²) in [4.78, 5) is 0.0765. The molecule has 0 amide bonds. The van der Waals surface area contributed by atoms with Crippen LogP contribution >= 0.6 is 11.6 Å². The smallest absolute Gasteiger partial charge is 0.242 e. The second-order valence-electron chi connectivity index (χ2n) is 4.52. The summed E-state index contributed by atoms with van der Waals surface area (Å²) >= 11 is 5.84. The second-order valence-corrected chi connectivity index (χ2v) is 6.66. The molecule has 1 aliphatic rings. The molecule has 4 nitrogen and oxygen atoms in total. The lowest BCUT2D eigenvalue weighted by atomic mass is 10.2. The van der Waals surface area contributed by atoms with Crippen molar-refractivity contribution in [2.24, 2.45) is 5.92 Å². The lowest BCUT2D eigenvalue weighted by Gasteiger charge is -2.11. The molecule has 0 saturated heterocycles. The van der Waals surface area contributed by atoms with E-state index >= 15 is 0 Å². The van der Waals surface area contributed by atoms with Crippen LogP contribution < -0.4 is 4.72 Å². The molecular weight excluding hydrogens is 274 g/mol. The fourth-order valence-corrected chi connectivity index (χ4v) is 3.36. The predicted molar refractivity (Wildman–Crippen MR) is 70.0 cm³/mol. The van der Waals surface area contributed by atoms with Gasteiger partial charge in [0.2, 0.25) is 10.0 Å². The molecule has 0 bridgehead atoms. The zero-order chi connectivity index (χ0) is 13.2. The Hall–Kier alpha value is -0.620. The third-order valence-corrected chi connectivity index (χ3v) is 4.99. The third-order valence-electron chi connectivity index (χ3n) is 3.02. The van der Waals surface area contributed by atoms with Crippen LogP contribution in [0.4, 0.5) is 0 Å². The number of rotatable bonds is 6. The summed E-state index contributed by atoms with van der Waals surface area (Å²) in [5, 5.41) is 9.85. The van der Waals surface area contributed by atoms with Crippen molar-refractivity contribution < 1.29 is 13.5 Å². The molecule has 1 atom stereocenters. The molecule has 0 aliphatic heterocycles. The molecule has 1 aromatic carbocycles. The molecule has 1 saturated carbocycles. The van der Waals surface area contributed by atoms with Gasteiger partial charge >= 0.3 is 0 Å². The van der Waals surface area contributed by atoms with Crippen LogP contribution in [0.3, 0.4) is 0 Å². The molecule has 2 N–H and O–H groups in total. The minimum Gasteiger partial charge on any atom is -0.393 e. The van der Waals surface area contributed by atoms with Gasteiger partial charge in [-0.15, -0.1) is 0 Å². The summed E-state index contributed by atoms with van der Waals surface area (Å²) in [6.07, 6.45) is 2.12. The zero-order valence-corrected chi connectivity index (χ0v) is 11.4. The normalized spacial score (nSPS) is 17.7. The van der Waals surface area contributed by atoms with Crippen LogP contribution in [-0.4, -0.2) is 26.2 Å². The second kappa shape index (κ2) is 5.57. The van der Waals surface area contributed by atoms with Gasteiger partial charge in [0.15, 0.2) is 0 Å². The molecule has 2 rings (SSSR count). The van der Waals surface area contributed by atoms with Gasteiger partial charge in [-0.25, -0.2) is 13.1 Å². The Bertz CT molecular complexity index is 514. The third kappa shape index (κ3) is 3.45. The molecule has 18 heavy (non-hydrogen) atoms. The maximum atomic E-state index is 11.9. The van der Waals surface area contributed by atoms with Gasteiger partial charge < -0.3 is 5.11 Å². The largest absolute Gasteiger partial charge is 0.393 e. The number of aliphatic hydroxyl groups excluding tert-OH is 1. The average Bonchev–Trinajstić information content (AvgIpc) is 3.12. The van der Waals surface area contributed by atoms with Gasteiger partial charge in [0.05, 0.1) is 11.1 Å². The molecule has 6 heteroatoms. The van der Waals surface area contributed by atoms with Crippen molar-refractivity contribution in [3.63, 3.8) is 0 Å². The summed E-state index contributed by atoms with van der Waals surface area (Å²) in [6, 6.07) is 6.30. The number of aliphatic hydroxyl groups is 1. The lowest BCUT2D eigenvalue weighted by molar-refractivity contribution is 0.143. The van der Waals surface area contributed by atoms with Crippen molar-refractivity contribution in [2.45, 2.75) is 30.3 Å². The van der Waals surface area contributed by atoms with Gasteiger partial charge in [-0.3, -0.25) is 0 Å². The number of hydrogen-bond acceptors (Lipinski definition) is 3. The van der Waals surface area contributed by atoms with E-state index in [1.165, 1.54) is 12.1 Å². The Kier molecular flexibility index (Phi) is 4.27. The summed E-state index contributed by atoms with van der Waals surface area (Å²) in [5.74, 6) is 0.356. The van der Waals surface area contributed by atoms with E-state index in [1.54, 1.807) is 12.1 Å². The quantitative estimate of drug-likeness (QED) is 0.839. The predicted octanol–water partition coefficient (Wildman–Crippen LogP) is 1.78. The van der Waals surface area contributed by atoms with E-state index in [9.17, 15) is 13.5 Å². The van der Waals surface area contributed by atoms with Crippen molar-refractivity contribution in [1.29, 1.82) is 0 Å². The molecule has 0 unspecified atom stereocenters. The molecule has 0 radical (unpaired) electrons. The number of nitrogens with one attached hydrogen (secondary N) is 1. The number of sulfonamides is 1. The minimum absolute atomic E-state index is 0.0765. The molecule has 0 spiro atoms. The van der Waals surface area contributed by atoms with Crippen LogP contribution in [0.5, 0.6) is 0 Å². The van der Waals surface area contributed by atoms with Crippen LogP contribution in [0.25, 0.3) is 0 Å². The molecule has 1 fully saturated rings. The van der Waals surface area contributed by atoms with Crippen molar-refractivity contribution in [3.05, 3.63) is 29.3 Å². The maximum absolute atomic E-state index is 11.9. The van der Waals surface area contributed by atoms with Crippen LogP contribution in [0.2, 0.25) is 5.02 Å². The van der Waals surface area contributed by atoms with Crippen LogP contribution in [-0.2, 0) is 10.0 Å². The highest BCUT2D eigenvalue weighted by Gasteiger charge is 2.29. The van der Waals surface area contributed by atoms with Crippen molar-refractivity contribution in [2.75, 3.05) is 6.54 Å². The molecule has 1 aromatic rings. The first-order chi connectivity index (χ1) is 8.50. The van der Waals surface area contributed by atoms with E-state index in [4.69, 9.17) is 11.6 Å². The van der Waals surface area contributed by atoms with Gasteiger partial charge in [-0.1, -0.05) is 23.7 Å². The molecular formula is C12H16ClNO3S. The highest BCUT2D eigenvalue weighted by Crippen LogP contribution is 2.33. The van der Waals surface area contributed by atoms with E-state index < -0.39 is 16.1 Å². The SMILES string of the molecule is O=S(=O)(NCC[C@@H](O)C1CC1)c1ccccc1Cl. The maximum Gasteiger partial charge on any atom is 0.242 e. The van der Waals surface area contributed by atoms with Crippen LogP contribution in [0, 0.1) is 5.92 Å². The van der Waals surface area contributed by atoms with E-state index in [-0.39, 0.29) is 16.5 Å². The van der Waals surface area contributed by atoms with Crippen LogP contribution in [0.1, 0.15) is 19.3 Å². The first kappa shape index (κ1) is 13.8. The monoisotopic (exact) mass is 289 g/mol. The first-order valence-corrected chi connectivity index (χ1v) is 7.79. The van der Waals surface area contributed by atoms with Gasteiger partial charge in [0, 0.05) is 6.54 Å². The Labute approximate surface area is 112 Å². The summed E-state index contributed by atoms with van der Waals surface area (Å²) < 4.78 is 26.3. The van der Waals surface area contributed by atoms with Gasteiger partial charge in [-0.2, -0.15) is 0 Å². The minimum atomic E-state index is -3.58. The first-order valence-electron chi connectivity index (χ1n) is 5.93. The Morgan fingerprint density at radius 2 is 2.06 bits per heavy atom. The molecule has 0 heterocycles. The highest BCUT2D eigenvalue weighted by atomic mass is 35.5. The van der Waals surface area contributed by atoms with Gasteiger partial charge in [0.25, 0.3) is 0 Å². The zero-order valence-electron chi connectivity index (χ0n) is 9.84. The average molecular weight is 290 g/mol. The topological polar surface area (TPSA) is 66.4 Å². The summed E-state index contributed by atoms with van der Waals surface area (Å²) in [5.41, 5.74) is 0. The molecule has 1 aliphatic carbocycles. The van der Waals surface area contributed by atoms with Gasteiger partial charge in [-0.05, 0) is 37.3 Å². The van der Waals surface area contributed by atoms with E-state index in [0.29, 0.717) is 12.3 Å². The Morgan fingerprint density at radius 3 is 2.67 bits per heavy atom. The summed E-state index contributed by atoms with van der Waals surface area (Å²) in [7, 11) is -3.58. The Balaban J connectivity index is 1.93. The summed E-state index contributed by atoms with van der Waals surface area (Å²) in [6.45, 7) is 0.227. The van der Waals surface area contributed by atoms with E-state index in [2.05, 4.69) is 4.72 Å². The number of halogens is 1. The molecule has 0 aromatic heterocycles. The standard InChI is InChI=1S/C12H16ClNO3S/c13-10-3-1-2-4-12(10)18(16,17)14-8-7-11(15)9-5-6-9/h1-4,9,11,14-15H,5-8H2/t11-/m1/s1. The molecule has 100 valence electrons. The van der Waals surface area contributed by atoms with Crippen molar-refractivity contribution >= 4 is 21.6 Å². The fraction of sp³-hybridized carbons (Fsp3) is 0.500. The highest BCUT2D eigenvalue weighted by molar-refractivity contribution is 7.89. The lowest BCUT2D eigenvalue weighted by Crippen LogP contribution is -2.28. The fourth-order valence-electron chi connectivity index (χ4n) is 1.80. The van der Waals surface area contributed by atoms with E-state index in [1.807, 2.05) is 0 Å². The van der Waals surface area contributed by atoms with Gasteiger partial charge in [0.1, 0.15) is 4.90 Å². The van der Waals surface area contributed by atoms with Crippen molar-refractivity contribution in [3.8, 4) is 0 Å². The number of benzene rings is 1. The van der Waals surface area contributed by atoms with Crippen molar-refractivity contribution in [1.82, 2.24) is 4.72 Å².